The van der Waals surface area contributed by atoms with Gasteiger partial charge in [-0.2, -0.15) is 8.42 Å². The van der Waals surface area contributed by atoms with Crippen LogP contribution in [-0.4, -0.2) is 25.1 Å². The summed E-state index contributed by atoms with van der Waals surface area (Å²) in [5.41, 5.74) is 0.768. The molecule has 0 aliphatic rings. The quantitative estimate of drug-likeness (QED) is 0.310. The van der Waals surface area contributed by atoms with Crippen molar-refractivity contribution in [2.24, 2.45) is 10.2 Å². The van der Waals surface area contributed by atoms with Crippen LogP contribution in [0.2, 0.25) is 0 Å². The third-order valence-electron chi connectivity index (χ3n) is 4.65. The van der Waals surface area contributed by atoms with Crippen molar-refractivity contribution in [1.82, 2.24) is 0 Å². The van der Waals surface area contributed by atoms with E-state index in [-0.39, 0.29) is 11.4 Å². The van der Waals surface area contributed by atoms with Gasteiger partial charge in [0.15, 0.2) is 5.75 Å². The number of hydrogen-bond donors (Lipinski definition) is 3. The molecule has 0 saturated carbocycles. The van der Waals surface area contributed by atoms with Gasteiger partial charge in [-0.15, -0.1) is 10.2 Å². The first kappa shape index (κ1) is 18.9. The number of phenols is 1. The lowest BCUT2D eigenvalue weighted by Gasteiger charge is -2.12. The number of phenolic OH excluding ortho intramolecular Hbond substituents is 1. The molecule has 146 valence electrons. The van der Waals surface area contributed by atoms with Crippen LogP contribution in [0.5, 0.6) is 5.75 Å². The molecule has 0 spiro atoms. The maximum Gasteiger partial charge on any atom is 0.296 e. The number of azo groups is 1. The van der Waals surface area contributed by atoms with Crippen LogP contribution in [-0.2, 0) is 10.1 Å². The van der Waals surface area contributed by atoms with Crippen LogP contribution in [0, 0.1) is 0 Å². The monoisotopic (exact) mass is 407 g/mol. The first-order valence-electron chi connectivity index (χ1n) is 8.73. The van der Waals surface area contributed by atoms with E-state index < -0.39 is 15.0 Å². The Hall–Kier alpha value is -3.49. The Morgan fingerprint density at radius 2 is 1.59 bits per heavy atom. The van der Waals surface area contributed by atoms with Gasteiger partial charge in [0.1, 0.15) is 10.6 Å². The van der Waals surface area contributed by atoms with Gasteiger partial charge in [-0.3, -0.25) is 4.55 Å². The van der Waals surface area contributed by atoms with Crippen LogP contribution in [0.1, 0.15) is 0 Å². The normalized spacial score (nSPS) is 12.1. The maximum absolute atomic E-state index is 12.0. The molecule has 0 atom stereocenters. The Balaban J connectivity index is 1.99. The standard InChI is InChI=1S/C21H17N3O4S/c1-22-17-11-5-8-14-12-18(29(26,27)28)20(21(25)19(14)17)24-23-16-10-4-7-13-6-2-3-9-15(13)16/h2-12,22,25H,1H3,(H,26,27,28). The summed E-state index contributed by atoms with van der Waals surface area (Å²) in [7, 11) is -2.97. The number of anilines is 1. The molecule has 0 aromatic heterocycles. The second-order valence-electron chi connectivity index (χ2n) is 6.40. The summed E-state index contributed by atoms with van der Waals surface area (Å²) in [6.07, 6.45) is 0. The molecule has 0 bridgehead atoms. The third-order valence-corrected chi connectivity index (χ3v) is 5.52. The first-order valence-corrected chi connectivity index (χ1v) is 10.2. The summed E-state index contributed by atoms with van der Waals surface area (Å²) in [5.74, 6) is -0.385. The smallest absolute Gasteiger partial charge is 0.296 e. The predicted octanol–water partition coefficient (Wildman–Crippen LogP) is 5.40. The zero-order valence-electron chi connectivity index (χ0n) is 15.4. The van der Waals surface area contributed by atoms with Crippen LogP contribution < -0.4 is 5.32 Å². The van der Waals surface area contributed by atoms with Gasteiger partial charge < -0.3 is 10.4 Å². The van der Waals surface area contributed by atoms with E-state index in [4.69, 9.17) is 0 Å². The highest BCUT2D eigenvalue weighted by Gasteiger charge is 2.23. The van der Waals surface area contributed by atoms with Gasteiger partial charge in [-0.25, -0.2) is 0 Å². The van der Waals surface area contributed by atoms with Crippen molar-refractivity contribution >= 4 is 48.7 Å². The number of benzene rings is 4. The predicted molar refractivity (Wildman–Crippen MR) is 113 cm³/mol. The first-order chi connectivity index (χ1) is 13.9. The summed E-state index contributed by atoms with van der Waals surface area (Å²) < 4.78 is 33.6. The van der Waals surface area contributed by atoms with Crippen LogP contribution in [0.4, 0.5) is 17.1 Å². The fourth-order valence-corrected chi connectivity index (χ4v) is 3.96. The van der Waals surface area contributed by atoms with E-state index in [2.05, 4.69) is 15.5 Å². The molecule has 3 N–H and O–H groups in total. The topological polar surface area (TPSA) is 111 Å². The zero-order valence-corrected chi connectivity index (χ0v) is 16.2. The van der Waals surface area contributed by atoms with Gasteiger partial charge in [0.25, 0.3) is 10.1 Å². The molecule has 4 aromatic carbocycles. The van der Waals surface area contributed by atoms with E-state index in [1.807, 2.05) is 30.3 Å². The van der Waals surface area contributed by atoms with Crippen LogP contribution in [0.25, 0.3) is 21.5 Å². The molecule has 0 saturated heterocycles. The second-order valence-corrected chi connectivity index (χ2v) is 7.79. The van der Waals surface area contributed by atoms with E-state index in [0.29, 0.717) is 22.1 Å². The van der Waals surface area contributed by atoms with E-state index in [1.165, 1.54) is 6.07 Å². The fraction of sp³-hybridized carbons (Fsp3) is 0.0476. The number of rotatable bonds is 4. The molecule has 0 aliphatic heterocycles. The van der Waals surface area contributed by atoms with Gasteiger partial charge in [0.2, 0.25) is 0 Å². The molecule has 29 heavy (non-hydrogen) atoms. The van der Waals surface area contributed by atoms with Crippen molar-refractivity contribution < 1.29 is 18.1 Å². The molecule has 0 heterocycles. The SMILES string of the molecule is CNc1cccc2cc(S(=O)(=O)O)c(N=Nc3cccc4ccccc34)c(O)c12. The lowest BCUT2D eigenvalue weighted by molar-refractivity contribution is 0.472. The number of nitrogens with zero attached hydrogens (tertiary/aromatic N) is 2. The largest absolute Gasteiger partial charge is 0.505 e. The van der Waals surface area contributed by atoms with Crippen molar-refractivity contribution in [3.8, 4) is 5.75 Å². The number of nitrogens with one attached hydrogen (secondary N) is 1. The van der Waals surface area contributed by atoms with E-state index in [1.54, 1.807) is 37.4 Å². The molecule has 8 heteroatoms. The average molecular weight is 407 g/mol. The van der Waals surface area contributed by atoms with Crippen molar-refractivity contribution in [2.45, 2.75) is 4.90 Å². The van der Waals surface area contributed by atoms with Crippen LogP contribution >= 0.6 is 0 Å². The molecular formula is C21H17N3O4S. The minimum atomic E-state index is -4.65. The summed E-state index contributed by atoms with van der Waals surface area (Å²) in [5, 5.41) is 24.6. The molecule has 0 fully saturated rings. The molecule has 0 aliphatic carbocycles. The Morgan fingerprint density at radius 3 is 2.34 bits per heavy atom. The van der Waals surface area contributed by atoms with Crippen molar-refractivity contribution in [1.29, 1.82) is 0 Å². The van der Waals surface area contributed by atoms with Gasteiger partial charge >= 0.3 is 0 Å². The fourth-order valence-electron chi connectivity index (χ4n) is 3.30. The van der Waals surface area contributed by atoms with Crippen LogP contribution in [0.3, 0.4) is 0 Å². The lowest BCUT2D eigenvalue weighted by Crippen LogP contribution is -2.00. The van der Waals surface area contributed by atoms with Crippen molar-refractivity contribution in [3.63, 3.8) is 0 Å². The Bertz CT molecular complexity index is 1380. The molecular weight excluding hydrogens is 390 g/mol. The lowest BCUT2D eigenvalue weighted by atomic mass is 10.1. The summed E-state index contributed by atoms with van der Waals surface area (Å²) in [6.45, 7) is 0. The van der Waals surface area contributed by atoms with Gasteiger partial charge in [-0.05, 0) is 29.0 Å². The third kappa shape index (κ3) is 3.39. The minimum Gasteiger partial charge on any atom is -0.505 e. The maximum atomic E-state index is 12.0. The molecule has 4 rings (SSSR count). The molecule has 0 unspecified atom stereocenters. The van der Waals surface area contributed by atoms with E-state index >= 15 is 0 Å². The Kier molecular flexibility index (Phi) is 4.65. The zero-order chi connectivity index (χ0) is 20.6. The Morgan fingerprint density at radius 1 is 0.897 bits per heavy atom. The minimum absolute atomic E-state index is 0.323. The molecule has 0 radical (unpaired) electrons. The summed E-state index contributed by atoms with van der Waals surface area (Å²) >= 11 is 0. The van der Waals surface area contributed by atoms with Crippen molar-refractivity contribution in [3.05, 3.63) is 66.7 Å². The molecule has 4 aromatic rings. The molecule has 0 amide bonds. The van der Waals surface area contributed by atoms with Crippen molar-refractivity contribution in [2.75, 3.05) is 12.4 Å². The molecule has 7 nitrogen and oxygen atoms in total. The highest BCUT2D eigenvalue weighted by Crippen LogP contribution is 2.44. The van der Waals surface area contributed by atoms with E-state index in [0.717, 1.165) is 10.8 Å². The number of fused-ring (bicyclic) bond motifs is 2. The van der Waals surface area contributed by atoms with Gasteiger partial charge in [0, 0.05) is 23.5 Å². The highest BCUT2D eigenvalue weighted by molar-refractivity contribution is 7.86. The Labute approximate surface area is 167 Å². The van der Waals surface area contributed by atoms with Gasteiger partial charge in [-0.1, -0.05) is 48.5 Å². The van der Waals surface area contributed by atoms with Crippen LogP contribution in [0.15, 0.2) is 81.9 Å². The number of aromatic hydroxyl groups is 1. The number of hydrogen-bond acceptors (Lipinski definition) is 6. The van der Waals surface area contributed by atoms with Gasteiger partial charge in [0.05, 0.1) is 5.69 Å². The summed E-state index contributed by atoms with van der Waals surface area (Å²) in [6, 6.07) is 19.3. The summed E-state index contributed by atoms with van der Waals surface area (Å²) in [4.78, 5) is -0.514. The second kappa shape index (κ2) is 7.16. The van der Waals surface area contributed by atoms with E-state index in [9.17, 15) is 18.1 Å². The highest BCUT2D eigenvalue weighted by atomic mass is 32.2. The average Bonchev–Trinajstić information content (AvgIpc) is 2.71.